The van der Waals surface area contributed by atoms with Gasteiger partial charge < -0.3 is 5.11 Å². The molecule has 38 heavy (non-hydrogen) atoms. The van der Waals surface area contributed by atoms with Crippen LogP contribution in [0.2, 0.25) is 0 Å². The molecule has 1 aromatic heterocycles. The Balaban J connectivity index is 2.29. The van der Waals surface area contributed by atoms with Crippen LogP contribution in [-0.2, 0) is 24.3 Å². The van der Waals surface area contributed by atoms with Gasteiger partial charge in [-0.25, -0.2) is 14.4 Å². The Morgan fingerprint density at radius 3 is 2.03 bits per heavy atom. The molecule has 0 spiro atoms. The Morgan fingerprint density at radius 1 is 0.816 bits per heavy atom. The second-order valence-electron chi connectivity index (χ2n) is 8.41. The minimum atomic E-state index is -5.08. The van der Waals surface area contributed by atoms with Crippen LogP contribution < -0.4 is 5.32 Å². The minimum absolute atomic E-state index is 0.155. The van der Waals surface area contributed by atoms with Gasteiger partial charge in [-0.05, 0) is 35.4 Å². The number of nitrogens with zero attached hydrogens (tertiary/aromatic N) is 2. The summed E-state index contributed by atoms with van der Waals surface area (Å²) in [6.45, 7) is -0.968. The van der Waals surface area contributed by atoms with Crippen molar-refractivity contribution >= 4 is 0 Å². The number of hydrogen-bond acceptors (Lipinski definition) is 4. The van der Waals surface area contributed by atoms with E-state index in [1.807, 2.05) is 0 Å². The van der Waals surface area contributed by atoms with Crippen LogP contribution in [0.15, 0.2) is 60.8 Å². The first-order valence-corrected chi connectivity index (χ1v) is 10.8. The monoisotopic (exact) mass is 555 g/mol. The molecule has 2 atom stereocenters. The number of aromatic nitrogens is 2. The summed E-state index contributed by atoms with van der Waals surface area (Å²) in [5, 5.41) is 12.4. The summed E-state index contributed by atoms with van der Waals surface area (Å²) in [5.74, 6) is -2.22. The first-order chi connectivity index (χ1) is 17.5. The van der Waals surface area contributed by atoms with Gasteiger partial charge in [0.1, 0.15) is 17.1 Å². The van der Waals surface area contributed by atoms with Gasteiger partial charge in [-0.3, -0.25) is 5.32 Å². The molecule has 1 heterocycles. The summed E-state index contributed by atoms with van der Waals surface area (Å²) >= 11 is 0. The molecule has 14 heteroatoms. The van der Waals surface area contributed by atoms with Gasteiger partial charge in [0, 0.05) is 19.2 Å². The first-order valence-electron chi connectivity index (χ1n) is 10.8. The summed E-state index contributed by atoms with van der Waals surface area (Å²) in [6, 6.07) is 9.13. The maximum absolute atomic E-state index is 14.5. The van der Waals surface area contributed by atoms with Crippen LogP contribution in [0, 0.1) is 5.82 Å². The second kappa shape index (κ2) is 10.8. The van der Waals surface area contributed by atoms with E-state index >= 15 is 0 Å². The molecule has 3 rings (SSSR count). The number of rotatable bonds is 8. The van der Waals surface area contributed by atoms with Crippen LogP contribution in [0.25, 0.3) is 0 Å². The van der Waals surface area contributed by atoms with E-state index in [2.05, 4.69) is 15.3 Å². The van der Waals surface area contributed by atoms with E-state index < -0.39 is 78.0 Å². The number of aliphatic hydroxyl groups is 1. The maximum atomic E-state index is 14.5. The molecular weight excluding hydrogens is 536 g/mol. The average molecular weight is 555 g/mol. The van der Waals surface area contributed by atoms with Crippen LogP contribution in [0.3, 0.4) is 0 Å². The number of halogens is 10. The Morgan fingerprint density at radius 2 is 1.45 bits per heavy atom. The largest absolute Gasteiger partial charge is 0.433 e. The zero-order valence-electron chi connectivity index (χ0n) is 19.1. The van der Waals surface area contributed by atoms with Gasteiger partial charge in [0.25, 0.3) is 0 Å². The van der Waals surface area contributed by atoms with Crippen LogP contribution in [0.4, 0.5) is 43.9 Å². The van der Waals surface area contributed by atoms with Crippen molar-refractivity contribution in [3.05, 3.63) is 94.8 Å². The van der Waals surface area contributed by atoms with Crippen molar-refractivity contribution in [1.29, 1.82) is 0 Å². The van der Waals surface area contributed by atoms with E-state index in [1.54, 1.807) is 6.07 Å². The Bertz CT molecular complexity index is 1230. The topological polar surface area (TPSA) is 58.0 Å². The summed E-state index contributed by atoms with van der Waals surface area (Å²) < 4.78 is 134. The van der Waals surface area contributed by atoms with Crippen molar-refractivity contribution in [2.75, 3.05) is 6.54 Å². The Labute approximate surface area is 209 Å². The minimum Gasteiger partial charge on any atom is -0.391 e. The molecule has 3 aromatic rings. The highest BCUT2D eigenvalue weighted by atomic mass is 19.4. The standard InChI is InChI=1S/C24H19F10N3O/c25-17-9-15(8-16(10-17)23(29,30)31)21(11-14-4-2-1-3-5-14,36-13-18(38)12-22(26,27)28)20-35-7-6-19(37-20)24(32,33)34/h1-10,18,36,38H,11-13H2/t18?,21-/m0/s1. The molecular formula is C24H19F10N3O. The Hall–Kier alpha value is -3.26. The lowest BCUT2D eigenvalue weighted by atomic mass is 9.81. The molecule has 0 fully saturated rings. The highest BCUT2D eigenvalue weighted by Crippen LogP contribution is 2.38. The summed E-state index contributed by atoms with van der Waals surface area (Å²) in [5.41, 5.74) is -5.67. The molecule has 0 saturated carbocycles. The number of alkyl halides is 9. The zero-order valence-corrected chi connectivity index (χ0v) is 19.1. The first kappa shape index (κ1) is 29.3. The fourth-order valence-electron chi connectivity index (χ4n) is 3.81. The quantitative estimate of drug-likeness (QED) is 0.333. The van der Waals surface area contributed by atoms with E-state index in [4.69, 9.17) is 0 Å². The van der Waals surface area contributed by atoms with Gasteiger partial charge in [0.05, 0.1) is 18.1 Å². The third-order valence-electron chi connectivity index (χ3n) is 5.46. The lowest BCUT2D eigenvalue weighted by molar-refractivity contribution is -0.153. The molecule has 0 aliphatic carbocycles. The SMILES string of the molecule is OC(CN[C@@](Cc1ccccc1)(c1cc(F)cc(C(F)(F)F)c1)c1nccc(C(F)(F)F)n1)CC(F)(F)F. The predicted octanol–water partition coefficient (Wildman–Crippen LogP) is 6.04. The van der Waals surface area contributed by atoms with Crippen molar-refractivity contribution in [3.8, 4) is 0 Å². The van der Waals surface area contributed by atoms with Gasteiger partial charge in [0.15, 0.2) is 5.82 Å². The fraction of sp³-hybridized carbons (Fsp3) is 0.333. The van der Waals surface area contributed by atoms with Crippen LogP contribution in [0.5, 0.6) is 0 Å². The zero-order chi connectivity index (χ0) is 28.4. The van der Waals surface area contributed by atoms with Gasteiger partial charge in [0.2, 0.25) is 0 Å². The molecule has 1 unspecified atom stereocenters. The maximum Gasteiger partial charge on any atom is 0.433 e. The second-order valence-corrected chi connectivity index (χ2v) is 8.41. The number of benzene rings is 2. The normalized spacial score (nSPS) is 15.2. The lowest BCUT2D eigenvalue weighted by Crippen LogP contribution is -2.50. The summed E-state index contributed by atoms with van der Waals surface area (Å²) in [4.78, 5) is 7.25. The van der Waals surface area contributed by atoms with E-state index in [9.17, 15) is 49.0 Å². The van der Waals surface area contributed by atoms with E-state index in [0.29, 0.717) is 24.4 Å². The van der Waals surface area contributed by atoms with Crippen molar-refractivity contribution in [1.82, 2.24) is 15.3 Å². The van der Waals surface area contributed by atoms with E-state index in [1.165, 1.54) is 24.3 Å². The molecule has 0 aliphatic heterocycles. The van der Waals surface area contributed by atoms with Crippen LogP contribution in [0.1, 0.15) is 34.6 Å². The number of aliphatic hydroxyl groups excluding tert-OH is 1. The molecule has 0 radical (unpaired) electrons. The predicted molar refractivity (Wildman–Crippen MR) is 114 cm³/mol. The smallest absolute Gasteiger partial charge is 0.391 e. The van der Waals surface area contributed by atoms with Crippen molar-refractivity contribution in [3.63, 3.8) is 0 Å². The molecule has 2 aromatic carbocycles. The third kappa shape index (κ3) is 7.40. The summed E-state index contributed by atoms with van der Waals surface area (Å²) in [6.07, 6.45) is -18.7. The van der Waals surface area contributed by atoms with Gasteiger partial charge in [-0.2, -0.15) is 39.5 Å². The van der Waals surface area contributed by atoms with Gasteiger partial charge in [-0.15, -0.1) is 0 Å². The van der Waals surface area contributed by atoms with Crippen LogP contribution >= 0.6 is 0 Å². The highest BCUT2D eigenvalue weighted by molar-refractivity contribution is 5.39. The number of nitrogens with one attached hydrogen (secondary N) is 1. The molecule has 2 N–H and O–H groups in total. The third-order valence-corrected chi connectivity index (χ3v) is 5.46. The van der Waals surface area contributed by atoms with Crippen molar-refractivity contribution in [2.24, 2.45) is 0 Å². The van der Waals surface area contributed by atoms with E-state index in [0.717, 1.165) is 0 Å². The fourth-order valence-corrected chi connectivity index (χ4v) is 3.81. The molecule has 0 aliphatic rings. The molecule has 0 amide bonds. The van der Waals surface area contributed by atoms with Crippen LogP contribution in [-0.4, -0.2) is 33.9 Å². The molecule has 4 nitrogen and oxygen atoms in total. The van der Waals surface area contributed by atoms with Gasteiger partial charge in [-0.1, -0.05) is 30.3 Å². The van der Waals surface area contributed by atoms with Gasteiger partial charge >= 0.3 is 18.5 Å². The van der Waals surface area contributed by atoms with Crippen molar-refractivity contribution < 1.29 is 49.0 Å². The highest BCUT2D eigenvalue weighted by Gasteiger charge is 2.43. The Kier molecular flexibility index (Phi) is 8.36. The summed E-state index contributed by atoms with van der Waals surface area (Å²) in [7, 11) is 0. The molecule has 206 valence electrons. The molecule has 0 bridgehead atoms. The number of hydrogen-bond donors (Lipinski definition) is 2. The lowest BCUT2D eigenvalue weighted by Gasteiger charge is -2.36. The van der Waals surface area contributed by atoms with Crippen molar-refractivity contribution in [2.45, 2.75) is 43.0 Å². The average Bonchev–Trinajstić information content (AvgIpc) is 2.80. The van der Waals surface area contributed by atoms with E-state index in [-0.39, 0.29) is 11.6 Å². The molecule has 0 saturated heterocycles.